The van der Waals surface area contributed by atoms with E-state index >= 15 is 0 Å². The minimum Gasteiger partial charge on any atom is -0.276 e. The van der Waals surface area contributed by atoms with Gasteiger partial charge in [0.2, 0.25) is 0 Å². The number of nitrogens with one attached hydrogen (secondary N) is 1. The zero-order valence-corrected chi connectivity index (χ0v) is 17.1. The van der Waals surface area contributed by atoms with E-state index in [4.69, 9.17) is 0 Å². The first kappa shape index (κ1) is 19.0. The molecule has 0 saturated carbocycles. The maximum atomic E-state index is 14.4. The first-order chi connectivity index (χ1) is 15.0. The Hall–Kier alpha value is -4.04. The maximum Gasteiger partial charge on any atom is 0.131 e. The van der Waals surface area contributed by atoms with E-state index in [1.165, 1.54) is 6.07 Å². The summed E-state index contributed by atoms with van der Waals surface area (Å²) >= 11 is 0. The molecule has 0 amide bonds. The van der Waals surface area contributed by atoms with Gasteiger partial charge in [-0.25, -0.2) is 4.39 Å². The van der Waals surface area contributed by atoms with E-state index in [0.717, 1.165) is 44.2 Å². The van der Waals surface area contributed by atoms with Gasteiger partial charge in [0.25, 0.3) is 0 Å². The molecule has 5 aromatic rings. The Morgan fingerprint density at radius 1 is 0.968 bits per heavy atom. The number of hydrogen-bond acceptors (Lipinski definition) is 3. The van der Waals surface area contributed by atoms with Gasteiger partial charge in [-0.3, -0.25) is 10.1 Å². The van der Waals surface area contributed by atoms with Gasteiger partial charge in [-0.1, -0.05) is 48.5 Å². The van der Waals surface area contributed by atoms with Crippen LogP contribution in [0.4, 0.5) is 4.39 Å². The number of benzene rings is 3. The first-order valence-corrected chi connectivity index (χ1v) is 10.0. The van der Waals surface area contributed by atoms with Crippen molar-refractivity contribution in [3.05, 3.63) is 84.3 Å². The fraction of sp³-hybridized carbons (Fsp3) is 0.115. The second-order valence-corrected chi connectivity index (χ2v) is 8.15. The summed E-state index contributed by atoms with van der Waals surface area (Å²) in [7, 11) is 0. The molecule has 1 N–H and O–H groups in total. The molecule has 0 aliphatic heterocycles. The molecule has 4 nitrogen and oxygen atoms in total. The quantitative estimate of drug-likeness (QED) is 0.378. The standard InChI is InChI=1S/C26H19FN4/c1-26(2,15-28)18-10-7-16(8-11-18)25-24-20-13-17(19-5-3-4-6-21(19)27)9-12-22(20)29-14-23(24)30-31-25/h3-14H,1-2H3,(H,30,31). The number of nitrogens with zero attached hydrogens (tertiary/aromatic N) is 3. The summed E-state index contributed by atoms with van der Waals surface area (Å²) in [6.45, 7) is 3.80. The lowest BCUT2D eigenvalue weighted by Gasteiger charge is -2.15. The molecule has 2 aromatic heterocycles. The number of nitriles is 1. The third-order valence-electron chi connectivity index (χ3n) is 5.74. The van der Waals surface area contributed by atoms with Gasteiger partial charge in [0.15, 0.2) is 0 Å². The van der Waals surface area contributed by atoms with Crippen molar-refractivity contribution >= 4 is 21.8 Å². The molecule has 0 spiro atoms. The van der Waals surface area contributed by atoms with Crippen LogP contribution in [0.25, 0.3) is 44.2 Å². The molecule has 3 aromatic carbocycles. The van der Waals surface area contributed by atoms with Gasteiger partial charge in [-0.2, -0.15) is 10.4 Å². The Labute approximate surface area is 179 Å². The van der Waals surface area contributed by atoms with E-state index in [2.05, 4.69) is 21.3 Å². The van der Waals surface area contributed by atoms with Crippen molar-refractivity contribution in [3.63, 3.8) is 0 Å². The SMILES string of the molecule is CC(C)(C#N)c1ccc(-c2n[nH]c3cnc4ccc(-c5ccccc5F)cc4c23)cc1. The lowest BCUT2D eigenvalue weighted by atomic mass is 9.86. The number of pyridine rings is 1. The summed E-state index contributed by atoms with van der Waals surface area (Å²) in [4.78, 5) is 4.53. The third-order valence-corrected chi connectivity index (χ3v) is 5.74. The predicted molar refractivity (Wildman–Crippen MR) is 121 cm³/mol. The molecule has 0 saturated heterocycles. The summed E-state index contributed by atoms with van der Waals surface area (Å²) in [5.74, 6) is -0.259. The molecule has 5 heteroatoms. The molecule has 2 heterocycles. The van der Waals surface area contributed by atoms with E-state index in [1.807, 2.05) is 62.4 Å². The van der Waals surface area contributed by atoms with Crippen molar-refractivity contribution in [3.8, 4) is 28.5 Å². The molecular weight excluding hydrogens is 387 g/mol. The molecular formula is C26H19FN4. The molecule has 0 radical (unpaired) electrons. The van der Waals surface area contributed by atoms with Crippen LogP contribution in [0.3, 0.4) is 0 Å². The second-order valence-electron chi connectivity index (χ2n) is 8.15. The normalized spacial score (nSPS) is 11.7. The highest BCUT2D eigenvalue weighted by atomic mass is 19.1. The van der Waals surface area contributed by atoms with Gasteiger partial charge in [0.1, 0.15) is 11.5 Å². The Kier molecular flexibility index (Phi) is 4.30. The number of fused-ring (bicyclic) bond motifs is 3. The summed E-state index contributed by atoms with van der Waals surface area (Å²) in [6, 6.07) is 22.7. The highest BCUT2D eigenvalue weighted by Gasteiger charge is 2.20. The summed E-state index contributed by atoms with van der Waals surface area (Å²) in [5, 5.41) is 18.9. The van der Waals surface area contributed by atoms with Gasteiger partial charge in [-0.05, 0) is 43.2 Å². The number of hydrogen-bond donors (Lipinski definition) is 1. The van der Waals surface area contributed by atoms with Gasteiger partial charge in [0.05, 0.1) is 28.7 Å². The van der Waals surface area contributed by atoms with Crippen molar-refractivity contribution in [1.29, 1.82) is 5.26 Å². The topological polar surface area (TPSA) is 65.4 Å². The number of aromatic nitrogens is 3. The molecule has 0 unspecified atom stereocenters. The predicted octanol–water partition coefficient (Wildman–Crippen LogP) is 6.39. The molecule has 0 atom stereocenters. The minimum absolute atomic E-state index is 0.259. The van der Waals surface area contributed by atoms with E-state index < -0.39 is 5.41 Å². The van der Waals surface area contributed by atoms with Crippen LogP contribution in [-0.2, 0) is 5.41 Å². The van der Waals surface area contributed by atoms with E-state index in [0.29, 0.717) is 5.56 Å². The van der Waals surface area contributed by atoms with Gasteiger partial charge < -0.3 is 0 Å². The Bertz CT molecular complexity index is 1470. The Balaban J connectivity index is 1.71. The smallest absolute Gasteiger partial charge is 0.131 e. The first-order valence-electron chi connectivity index (χ1n) is 10.0. The lowest BCUT2D eigenvalue weighted by molar-refractivity contribution is 0.631. The van der Waals surface area contributed by atoms with Gasteiger partial charge in [-0.15, -0.1) is 0 Å². The Morgan fingerprint density at radius 3 is 2.45 bits per heavy atom. The van der Waals surface area contributed by atoms with E-state index in [-0.39, 0.29) is 5.82 Å². The molecule has 5 rings (SSSR count). The van der Waals surface area contributed by atoms with Crippen molar-refractivity contribution in [2.24, 2.45) is 0 Å². The zero-order valence-electron chi connectivity index (χ0n) is 17.1. The Morgan fingerprint density at radius 2 is 1.71 bits per heavy atom. The van der Waals surface area contributed by atoms with E-state index in [1.54, 1.807) is 18.3 Å². The monoisotopic (exact) mass is 406 g/mol. The largest absolute Gasteiger partial charge is 0.276 e. The molecule has 150 valence electrons. The van der Waals surface area contributed by atoms with Crippen molar-refractivity contribution in [2.75, 3.05) is 0 Å². The third kappa shape index (κ3) is 3.13. The van der Waals surface area contributed by atoms with Crippen molar-refractivity contribution in [1.82, 2.24) is 15.2 Å². The van der Waals surface area contributed by atoms with Crippen LogP contribution >= 0.6 is 0 Å². The van der Waals surface area contributed by atoms with Gasteiger partial charge in [0, 0.05) is 21.9 Å². The lowest BCUT2D eigenvalue weighted by Crippen LogP contribution is -2.13. The summed E-state index contributed by atoms with van der Waals surface area (Å²) in [5.41, 5.74) is 5.10. The average molecular weight is 406 g/mol. The number of H-pyrrole nitrogens is 1. The fourth-order valence-electron chi connectivity index (χ4n) is 3.89. The van der Waals surface area contributed by atoms with Crippen LogP contribution in [0.2, 0.25) is 0 Å². The molecule has 31 heavy (non-hydrogen) atoms. The van der Waals surface area contributed by atoms with Gasteiger partial charge >= 0.3 is 0 Å². The molecule has 0 aliphatic rings. The number of aromatic amines is 1. The number of rotatable bonds is 3. The fourth-order valence-corrected chi connectivity index (χ4v) is 3.89. The van der Waals surface area contributed by atoms with Crippen LogP contribution in [0.1, 0.15) is 19.4 Å². The van der Waals surface area contributed by atoms with Crippen molar-refractivity contribution < 1.29 is 4.39 Å². The second kappa shape index (κ2) is 7.03. The minimum atomic E-state index is -0.558. The maximum absolute atomic E-state index is 14.4. The van der Waals surface area contributed by atoms with E-state index in [9.17, 15) is 9.65 Å². The van der Waals surface area contributed by atoms with Crippen LogP contribution in [-0.4, -0.2) is 15.2 Å². The van der Waals surface area contributed by atoms with Crippen LogP contribution in [0.5, 0.6) is 0 Å². The van der Waals surface area contributed by atoms with Crippen LogP contribution in [0, 0.1) is 17.1 Å². The highest BCUT2D eigenvalue weighted by molar-refractivity contribution is 6.11. The van der Waals surface area contributed by atoms with Crippen LogP contribution < -0.4 is 0 Å². The van der Waals surface area contributed by atoms with Crippen LogP contribution in [0.15, 0.2) is 72.9 Å². The summed E-state index contributed by atoms with van der Waals surface area (Å²) < 4.78 is 14.4. The van der Waals surface area contributed by atoms with Crippen molar-refractivity contribution in [2.45, 2.75) is 19.3 Å². The molecule has 0 fully saturated rings. The average Bonchev–Trinajstić information content (AvgIpc) is 3.24. The number of halogens is 1. The zero-order chi connectivity index (χ0) is 21.6. The molecule has 0 bridgehead atoms. The molecule has 0 aliphatic carbocycles. The highest BCUT2D eigenvalue weighted by Crippen LogP contribution is 2.35. The summed E-state index contributed by atoms with van der Waals surface area (Å²) in [6.07, 6.45) is 1.77.